The lowest BCUT2D eigenvalue weighted by Crippen LogP contribution is -2.36. The minimum Gasteiger partial charge on any atom is -0.392 e. The van der Waals surface area contributed by atoms with Crippen molar-refractivity contribution in [2.45, 2.75) is 38.9 Å². The molecule has 0 saturated carbocycles. The maximum atomic E-state index is 11.2. The Morgan fingerprint density at radius 1 is 1.62 bits per heavy atom. The summed E-state index contributed by atoms with van der Waals surface area (Å²) in [5, 5.41) is 11.5. The summed E-state index contributed by atoms with van der Waals surface area (Å²) >= 11 is 0. The van der Waals surface area contributed by atoms with Gasteiger partial charge in [-0.25, -0.2) is 0 Å². The fourth-order valence-electron chi connectivity index (χ4n) is 0.783. The van der Waals surface area contributed by atoms with E-state index in [2.05, 4.69) is 5.32 Å². The number of rotatable bonds is 5. The number of carbonyl (C=O) groups is 1. The van der Waals surface area contributed by atoms with Crippen LogP contribution >= 0.6 is 0 Å². The first-order chi connectivity index (χ1) is 5.87. The Hall–Kier alpha value is -0.610. The van der Waals surface area contributed by atoms with Crippen LogP contribution in [0.1, 0.15) is 27.2 Å². The number of carbonyl (C=O) groups excluding carboxylic acids is 1. The van der Waals surface area contributed by atoms with E-state index in [1.165, 1.54) is 0 Å². The molecule has 0 bridgehead atoms. The Morgan fingerprint density at radius 3 is 2.54 bits per heavy atom. The summed E-state index contributed by atoms with van der Waals surface area (Å²) in [6, 6.07) is 0. The number of hydrogen-bond acceptors (Lipinski definition) is 3. The highest BCUT2D eigenvalue weighted by molar-refractivity contribution is 5.76. The average Bonchev–Trinajstić information content (AvgIpc) is 2.00. The van der Waals surface area contributed by atoms with E-state index >= 15 is 0 Å². The van der Waals surface area contributed by atoms with Crippen molar-refractivity contribution in [3.8, 4) is 0 Å². The molecule has 0 saturated heterocycles. The van der Waals surface area contributed by atoms with Crippen molar-refractivity contribution in [1.29, 1.82) is 0 Å². The van der Waals surface area contributed by atoms with Crippen LogP contribution in [0.2, 0.25) is 0 Å². The molecule has 0 radical (unpaired) electrons. The van der Waals surface area contributed by atoms with Gasteiger partial charge in [-0.15, -0.1) is 0 Å². The van der Waals surface area contributed by atoms with Gasteiger partial charge in [0.15, 0.2) is 0 Å². The third-order valence-electron chi connectivity index (χ3n) is 1.73. The number of nitrogens with one attached hydrogen (secondary N) is 1. The first kappa shape index (κ1) is 12.4. The Balaban J connectivity index is 3.74. The molecule has 0 rings (SSSR count). The highest BCUT2D eigenvalue weighted by atomic mass is 16.5. The number of ether oxygens (including phenoxy) is 1. The Morgan fingerprint density at radius 2 is 2.15 bits per heavy atom. The fourth-order valence-corrected chi connectivity index (χ4v) is 0.783. The molecule has 0 aliphatic heterocycles. The van der Waals surface area contributed by atoms with E-state index in [9.17, 15) is 4.79 Å². The number of aliphatic hydroxyl groups excluding tert-OH is 1. The molecule has 78 valence electrons. The molecule has 0 aromatic heterocycles. The van der Waals surface area contributed by atoms with Crippen molar-refractivity contribution >= 4 is 5.91 Å². The monoisotopic (exact) mass is 189 g/mol. The zero-order valence-corrected chi connectivity index (χ0v) is 8.76. The molecule has 0 unspecified atom stereocenters. The third-order valence-corrected chi connectivity index (χ3v) is 1.73. The summed E-state index contributed by atoms with van der Waals surface area (Å²) in [5.74, 6) is -0.104. The predicted molar refractivity (Wildman–Crippen MR) is 50.4 cm³/mol. The van der Waals surface area contributed by atoms with E-state index in [0.717, 1.165) is 0 Å². The first-order valence-corrected chi connectivity index (χ1v) is 4.37. The summed E-state index contributed by atoms with van der Waals surface area (Å²) in [6.07, 6.45) is -0.203. The lowest BCUT2D eigenvalue weighted by molar-refractivity contribution is -0.126. The van der Waals surface area contributed by atoms with Gasteiger partial charge in [-0.05, 0) is 20.8 Å². The normalized spacial score (nSPS) is 13.9. The van der Waals surface area contributed by atoms with Gasteiger partial charge in [0.25, 0.3) is 0 Å². The van der Waals surface area contributed by atoms with Crippen molar-refractivity contribution in [2.24, 2.45) is 0 Å². The van der Waals surface area contributed by atoms with E-state index < -0.39 is 11.7 Å². The summed E-state index contributed by atoms with van der Waals surface area (Å²) in [4.78, 5) is 11.2. The smallest absolute Gasteiger partial charge is 0.222 e. The van der Waals surface area contributed by atoms with Crippen molar-refractivity contribution < 1.29 is 14.6 Å². The molecule has 0 fully saturated rings. The fraction of sp³-hybridized carbons (Fsp3) is 0.889. The van der Waals surface area contributed by atoms with Crippen molar-refractivity contribution in [1.82, 2.24) is 5.32 Å². The van der Waals surface area contributed by atoms with Gasteiger partial charge in [-0.2, -0.15) is 0 Å². The molecule has 0 aromatic rings. The molecule has 4 nitrogen and oxygen atoms in total. The summed E-state index contributed by atoms with van der Waals surface area (Å²) < 4.78 is 5.09. The van der Waals surface area contributed by atoms with Crippen molar-refractivity contribution in [3.05, 3.63) is 0 Å². The van der Waals surface area contributed by atoms with Crippen LogP contribution in [0.4, 0.5) is 0 Å². The molecule has 0 aliphatic carbocycles. The summed E-state index contributed by atoms with van der Waals surface area (Å²) in [5.41, 5.74) is -0.442. The quantitative estimate of drug-likeness (QED) is 0.654. The molecule has 0 aromatic carbocycles. The maximum absolute atomic E-state index is 11.2. The SMILES string of the molecule is COC(C)(C)CC(=O)NC[C@@H](C)O. The molecule has 13 heavy (non-hydrogen) atoms. The van der Waals surface area contributed by atoms with Gasteiger partial charge in [0.05, 0.1) is 18.1 Å². The van der Waals surface area contributed by atoms with Crippen LogP contribution in [-0.4, -0.2) is 36.4 Å². The van der Waals surface area contributed by atoms with Crippen molar-refractivity contribution in [3.63, 3.8) is 0 Å². The predicted octanol–water partition coefficient (Wildman–Crippen LogP) is 0.299. The molecule has 0 aliphatic rings. The lowest BCUT2D eigenvalue weighted by Gasteiger charge is -2.22. The van der Waals surface area contributed by atoms with Crippen LogP contribution in [0.15, 0.2) is 0 Å². The van der Waals surface area contributed by atoms with E-state index in [-0.39, 0.29) is 5.91 Å². The minimum absolute atomic E-state index is 0.104. The maximum Gasteiger partial charge on any atom is 0.222 e. The largest absolute Gasteiger partial charge is 0.392 e. The molecule has 4 heteroatoms. The Labute approximate surface area is 79.3 Å². The van der Waals surface area contributed by atoms with E-state index in [1.807, 2.05) is 13.8 Å². The first-order valence-electron chi connectivity index (χ1n) is 4.37. The van der Waals surface area contributed by atoms with Crippen LogP contribution in [0.3, 0.4) is 0 Å². The number of methoxy groups -OCH3 is 1. The van der Waals surface area contributed by atoms with E-state index in [4.69, 9.17) is 9.84 Å². The van der Waals surface area contributed by atoms with E-state index in [0.29, 0.717) is 13.0 Å². The van der Waals surface area contributed by atoms with Gasteiger partial charge in [0.2, 0.25) is 5.91 Å². The number of aliphatic hydroxyl groups is 1. The summed E-state index contributed by atoms with van der Waals surface area (Å²) in [7, 11) is 1.57. The molecular weight excluding hydrogens is 170 g/mol. The second-order valence-corrected chi connectivity index (χ2v) is 3.79. The zero-order valence-electron chi connectivity index (χ0n) is 8.76. The van der Waals surface area contributed by atoms with Gasteiger partial charge in [0, 0.05) is 13.7 Å². The summed E-state index contributed by atoms with van der Waals surface area (Å²) in [6.45, 7) is 5.60. The molecule has 0 heterocycles. The van der Waals surface area contributed by atoms with Gasteiger partial charge < -0.3 is 15.2 Å². The molecule has 2 N–H and O–H groups in total. The Kier molecular flexibility index (Phi) is 4.95. The van der Waals surface area contributed by atoms with Crippen LogP contribution in [-0.2, 0) is 9.53 Å². The zero-order chi connectivity index (χ0) is 10.5. The van der Waals surface area contributed by atoms with Gasteiger partial charge in [-0.1, -0.05) is 0 Å². The molecule has 1 atom stereocenters. The van der Waals surface area contributed by atoms with Crippen LogP contribution in [0.5, 0.6) is 0 Å². The molecule has 1 amide bonds. The molecular formula is C9H19NO3. The number of hydrogen-bond donors (Lipinski definition) is 2. The number of amides is 1. The second-order valence-electron chi connectivity index (χ2n) is 3.79. The minimum atomic E-state index is -0.505. The highest BCUT2D eigenvalue weighted by Crippen LogP contribution is 2.11. The van der Waals surface area contributed by atoms with Crippen LogP contribution in [0.25, 0.3) is 0 Å². The van der Waals surface area contributed by atoms with Crippen molar-refractivity contribution in [2.75, 3.05) is 13.7 Å². The highest BCUT2D eigenvalue weighted by Gasteiger charge is 2.20. The van der Waals surface area contributed by atoms with Gasteiger partial charge in [-0.3, -0.25) is 4.79 Å². The van der Waals surface area contributed by atoms with Crippen LogP contribution in [0, 0.1) is 0 Å². The average molecular weight is 189 g/mol. The van der Waals surface area contributed by atoms with Crippen LogP contribution < -0.4 is 5.32 Å². The lowest BCUT2D eigenvalue weighted by atomic mass is 10.1. The second kappa shape index (κ2) is 5.19. The third kappa shape index (κ3) is 6.54. The Bertz CT molecular complexity index is 166. The van der Waals surface area contributed by atoms with E-state index in [1.54, 1.807) is 14.0 Å². The van der Waals surface area contributed by atoms with Gasteiger partial charge >= 0.3 is 0 Å². The van der Waals surface area contributed by atoms with Gasteiger partial charge in [0.1, 0.15) is 0 Å². The standard InChI is InChI=1S/C9H19NO3/c1-7(11)6-10-8(12)5-9(2,3)13-4/h7,11H,5-6H2,1-4H3,(H,10,12)/t7-/m1/s1. The molecule has 0 spiro atoms. The topological polar surface area (TPSA) is 58.6 Å².